The van der Waals surface area contributed by atoms with E-state index in [4.69, 9.17) is 10.2 Å². The lowest BCUT2D eigenvalue weighted by Crippen LogP contribution is -2.40. The standard InChI is InChI=1S/C13H15NO3S/c1-17-11(9-5-3-2-4-6-9)12(15)14-10-7-8-18-13(10)16/h2-6,10-11H,7-8H2,1H3,(H,14,15)/t10-,11+/m1/s1/i7D2,8D2. The van der Waals surface area contributed by atoms with Crippen LogP contribution in [0, 0.1) is 0 Å². The van der Waals surface area contributed by atoms with Crippen LogP contribution in [-0.2, 0) is 14.3 Å². The summed E-state index contributed by atoms with van der Waals surface area (Å²) in [5.41, 5.74) is -1.83. The Labute approximate surface area is 116 Å². The number of amides is 1. The van der Waals surface area contributed by atoms with Crippen molar-refractivity contribution in [1.29, 1.82) is 0 Å². The topological polar surface area (TPSA) is 55.4 Å². The SMILES string of the molecule is [2H]C1([2H])SC(=O)[C@H](NC(=O)[C@@H](OC)c2ccccc2)C1([2H])[2H]. The van der Waals surface area contributed by atoms with E-state index in [1.54, 1.807) is 30.3 Å². The van der Waals surface area contributed by atoms with Gasteiger partial charge in [-0.05, 0) is 11.9 Å². The molecule has 0 unspecified atom stereocenters. The maximum atomic E-state index is 12.3. The van der Waals surface area contributed by atoms with Gasteiger partial charge in [-0.25, -0.2) is 0 Å². The number of thioether (sulfide) groups is 1. The molecule has 0 spiro atoms. The number of benzene rings is 1. The van der Waals surface area contributed by atoms with Gasteiger partial charge in [0.2, 0.25) is 5.12 Å². The molecule has 0 saturated carbocycles. The van der Waals surface area contributed by atoms with E-state index in [1.165, 1.54) is 7.11 Å². The van der Waals surface area contributed by atoms with Crippen molar-refractivity contribution in [3.05, 3.63) is 35.9 Å². The highest BCUT2D eigenvalue weighted by Gasteiger charge is 2.29. The normalized spacial score (nSPS) is 29.6. The smallest absolute Gasteiger partial charge is 0.254 e. The van der Waals surface area contributed by atoms with Crippen LogP contribution >= 0.6 is 11.8 Å². The van der Waals surface area contributed by atoms with Gasteiger partial charge in [-0.3, -0.25) is 9.59 Å². The highest BCUT2D eigenvalue weighted by molar-refractivity contribution is 8.14. The van der Waals surface area contributed by atoms with Gasteiger partial charge in [0.25, 0.3) is 5.91 Å². The lowest BCUT2D eigenvalue weighted by Gasteiger charge is -2.17. The first-order chi connectivity index (χ1) is 10.2. The van der Waals surface area contributed by atoms with Crippen LogP contribution in [0.5, 0.6) is 0 Å². The van der Waals surface area contributed by atoms with Crippen LogP contribution in [0.2, 0.25) is 0 Å². The molecular weight excluding hydrogens is 250 g/mol. The first-order valence-electron chi connectivity index (χ1n) is 7.31. The lowest BCUT2D eigenvalue weighted by molar-refractivity contribution is -0.133. The van der Waals surface area contributed by atoms with Gasteiger partial charge in [0.05, 0.1) is 6.04 Å². The summed E-state index contributed by atoms with van der Waals surface area (Å²) in [4.78, 5) is 24.1. The zero-order chi connectivity index (χ0) is 16.5. The van der Waals surface area contributed by atoms with E-state index in [-0.39, 0.29) is 11.8 Å². The number of carbonyl (C=O) groups is 2. The number of carbonyl (C=O) groups excluding carboxylic acids is 2. The fourth-order valence-corrected chi connectivity index (χ4v) is 2.10. The first kappa shape index (κ1) is 8.72. The van der Waals surface area contributed by atoms with Crippen LogP contribution in [0.1, 0.15) is 23.5 Å². The molecule has 1 aromatic rings. The van der Waals surface area contributed by atoms with Gasteiger partial charge >= 0.3 is 0 Å². The fourth-order valence-electron chi connectivity index (χ4n) is 1.59. The van der Waals surface area contributed by atoms with E-state index in [2.05, 4.69) is 5.32 Å². The van der Waals surface area contributed by atoms with Gasteiger partial charge in [-0.2, -0.15) is 0 Å². The Kier molecular flexibility index (Phi) is 2.91. The van der Waals surface area contributed by atoms with Crippen molar-refractivity contribution in [2.24, 2.45) is 0 Å². The average Bonchev–Trinajstić information content (AvgIpc) is 2.59. The zero-order valence-corrected chi connectivity index (χ0v) is 10.5. The van der Waals surface area contributed by atoms with Crippen LogP contribution in [0.3, 0.4) is 0 Å². The number of hydrogen-bond donors (Lipinski definition) is 1. The Bertz CT molecular complexity index is 582. The molecular formula is C13H15NO3S. The molecule has 0 radical (unpaired) electrons. The summed E-state index contributed by atoms with van der Waals surface area (Å²) in [5.74, 6) is -0.686. The van der Waals surface area contributed by atoms with Crippen LogP contribution < -0.4 is 5.32 Å². The largest absolute Gasteiger partial charge is 0.367 e. The number of hydrogen-bond acceptors (Lipinski definition) is 4. The molecule has 1 aromatic carbocycles. The van der Waals surface area contributed by atoms with E-state index in [0.717, 1.165) is 0 Å². The molecule has 0 aromatic heterocycles. The van der Waals surface area contributed by atoms with Crippen molar-refractivity contribution < 1.29 is 19.8 Å². The summed E-state index contributed by atoms with van der Waals surface area (Å²) in [6.45, 7) is 0. The molecule has 2 atom stereocenters. The second kappa shape index (κ2) is 6.02. The quantitative estimate of drug-likeness (QED) is 0.900. The second-order valence-corrected chi connectivity index (χ2v) is 4.45. The predicted octanol–water partition coefficient (Wildman–Crippen LogP) is 1.52. The molecule has 1 N–H and O–H groups in total. The maximum absolute atomic E-state index is 12.3. The van der Waals surface area contributed by atoms with Crippen molar-refractivity contribution in [3.63, 3.8) is 0 Å². The predicted molar refractivity (Wildman–Crippen MR) is 70.2 cm³/mol. The number of ether oxygens (including phenoxy) is 1. The first-order valence-corrected chi connectivity index (χ1v) is 6.13. The third-order valence-corrected chi connectivity index (χ3v) is 3.11. The van der Waals surface area contributed by atoms with Crippen molar-refractivity contribution in [3.8, 4) is 0 Å². The summed E-state index contributed by atoms with van der Waals surface area (Å²) in [6, 6.07) is 7.02. The summed E-state index contributed by atoms with van der Waals surface area (Å²) >= 11 is 0.259. The third kappa shape index (κ3) is 2.91. The minimum absolute atomic E-state index is 0.259. The molecule has 1 saturated heterocycles. The Morgan fingerprint density at radius 2 is 2.28 bits per heavy atom. The summed E-state index contributed by atoms with van der Waals surface area (Å²) in [5, 5.41) is 1.53. The van der Waals surface area contributed by atoms with Gasteiger partial charge in [-0.1, -0.05) is 42.1 Å². The van der Waals surface area contributed by atoms with Crippen LogP contribution in [-0.4, -0.2) is 29.9 Å². The number of rotatable bonds is 4. The monoisotopic (exact) mass is 269 g/mol. The van der Waals surface area contributed by atoms with Gasteiger partial charge < -0.3 is 10.1 Å². The van der Waals surface area contributed by atoms with E-state index < -0.39 is 35.2 Å². The molecule has 1 amide bonds. The molecule has 18 heavy (non-hydrogen) atoms. The third-order valence-electron chi connectivity index (χ3n) is 2.45. The Morgan fingerprint density at radius 3 is 2.83 bits per heavy atom. The number of nitrogens with one attached hydrogen (secondary N) is 1. The highest BCUT2D eigenvalue weighted by atomic mass is 32.2. The van der Waals surface area contributed by atoms with Crippen LogP contribution in [0.4, 0.5) is 0 Å². The molecule has 1 heterocycles. The Balaban J connectivity index is 2.19. The average molecular weight is 269 g/mol. The zero-order valence-electron chi connectivity index (χ0n) is 13.7. The summed E-state index contributed by atoms with van der Waals surface area (Å²) < 4.78 is 35.8. The molecule has 1 aliphatic heterocycles. The van der Waals surface area contributed by atoms with Crippen molar-refractivity contribution in [1.82, 2.24) is 5.32 Å². The minimum atomic E-state index is -2.50. The van der Waals surface area contributed by atoms with E-state index in [0.29, 0.717) is 5.56 Å². The molecule has 1 fully saturated rings. The van der Waals surface area contributed by atoms with Gasteiger partial charge in [-0.15, -0.1) is 0 Å². The van der Waals surface area contributed by atoms with E-state index in [9.17, 15) is 9.59 Å². The minimum Gasteiger partial charge on any atom is -0.367 e. The highest BCUT2D eigenvalue weighted by Crippen LogP contribution is 2.22. The van der Waals surface area contributed by atoms with Crippen molar-refractivity contribution >= 4 is 22.8 Å². The van der Waals surface area contributed by atoms with E-state index in [1.807, 2.05) is 0 Å². The Morgan fingerprint density at radius 1 is 1.56 bits per heavy atom. The van der Waals surface area contributed by atoms with Gasteiger partial charge in [0, 0.05) is 18.3 Å². The molecule has 0 aliphatic carbocycles. The number of methoxy groups -OCH3 is 1. The molecule has 5 heteroatoms. The van der Waals surface area contributed by atoms with E-state index >= 15 is 0 Å². The Hall–Kier alpha value is -1.33. The van der Waals surface area contributed by atoms with Crippen molar-refractivity contribution in [2.75, 3.05) is 12.8 Å². The lowest BCUT2D eigenvalue weighted by atomic mass is 10.1. The second-order valence-electron chi connectivity index (χ2n) is 3.64. The maximum Gasteiger partial charge on any atom is 0.254 e. The summed E-state index contributed by atoms with van der Waals surface area (Å²) in [6.07, 6.45) is -3.50. The van der Waals surface area contributed by atoms with Crippen LogP contribution in [0.25, 0.3) is 0 Å². The summed E-state index contributed by atoms with van der Waals surface area (Å²) in [7, 11) is 1.33. The van der Waals surface area contributed by atoms with Crippen molar-refractivity contribution in [2.45, 2.75) is 18.5 Å². The molecule has 0 bridgehead atoms. The van der Waals surface area contributed by atoms with Gasteiger partial charge in [0.15, 0.2) is 6.10 Å². The molecule has 1 aliphatic rings. The molecule has 4 nitrogen and oxygen atoms in total. The molecule has 96 valence electrons. The van der Waals surface area contributed by atoms with Crippen LogP contribution in [0.15, 0.2) is 30.3 Å². The molecule has 2 rings (SSSR count). The van der Waals surface area contributed by atoms with Gasteiger partial charge in [0.1, 0.15) is 0 Å². The fraction of sp³-hybridized carbons (Fsp3) is 0.385.